The number of nitrogens with zero attached hydrogens (tertiary/aromatic N) is 3. The van der Waals surface area contributed by atoms with Gasteiger partial charge in [0.1, 0.15) is 17.2 Å². The lowest BCUT2D eigenvalue weighted by Gasteiger charge is -2.19. The van der Waals surface area contributed by atoms with Crippen LogP contribution < -0.4 is 0 Å². The van der Waals surface area contributed by atoms with E-state index in [1.54, 1.807) is 12.1 Å². The SMILES string of the molecule is O[C@@H]1C[C@@H](c2nc(-c3ccc(F)cc3)no2)N(Cc2cc3ccccc3o2)C1. The Balaban J connectivity index is 1.39. The number of fused-ring (bicyclic) bond motifs is 1. The summed E-state index contributed by atoms with van der Waals surface area (Å²) in [4.78, 5) is 6.55. The number of benzene rings is 2. The van der Waals surface area contributed by atoms with E-state index in [1.165, 1.54) is 12.1 Å². The molecular weight excluding hydrogens is 361 g/mol. The van der Waals surface area contributed by atoms with Crippen molar-refractivity contribution >= 4 is 11.0 Å². The molecule has 28 heavy (non-hydrogen) atoms. The van der Waals surface area contributed by atoms with E-state index in [4.69, 9.17) is 8.94 Å². The van der Waals surface area contributed by atoms with Crippen LogP contribution in [0.15, 0.2) is 63.5 Å². The van der Waals surface area contributed by atoms with Crippen LogP contribution in [-0.4, -0.2) is 32.8 Å². The van der Waals surface area contributed by atoms with Crippen LogP contribution in [0.2, 0.25) is 0 Å². The number of hydrogen-bond acceptors (Lipinski definition) is 6. The predicted octanol–water partition coefficient (Wildman–Crippen LogP) is 3.93. The summed E-state index contributed by atoms with van der Waals surface area (Å²) >= 11 is 0. The first kappa shape index (κ1) is 17.1. The molecule has 142 valence electrons. The highest BCUT2D eigenvalue weighted by molar-refractivity contribution is 5.77. The molecule has 0 aliphatic carbocycles. The third-order valence-electron chi connectivity index (χ3n) is 5.05. The molecule has 0 radical (unpaired) electrons. The lowest BCUT2D eigenvalue weighted by Crippen LogP contribution is -2.24. The zero-order chi connectivity index (χ0) is 19.1. The van der Waals surface area contributed by atoms with E-state index in [9.17, 15) is 9.50 Å². The zero-order valence-electron chi connectivity index (χ0n) is 15.0. The Kier molecular flexibility index (Phi) is 4.18. The van der Waals surface area contributed by atoms with Gasteiger partial charge in [0, 0.05) is 17.5 Å². The van der Waals surface area contributed by atoms with Crippen molar-refractivity contribution in [3.63, 3.8) is 0 Å². The van der Waals surface area contributed by atoms with E-state index >= 15 is 0 Å². The minimum Gasteiger partial charge on any atom is -0.460 e. The van der Waals surface area contributed by atoms with Gasteiger partial charge >= 0.3 is 0 Å². The summed E-state index contributed by atoms with van der Waals surface area (Å²) in [5.74, 6) is 1.34. The summed E-state index contributed by atoms with van der Waals surface area (Å²) < 4.78 is 24.5. The summed E-state index contributed by atoms with van der Waals surface area (Å²) in [6.45, 7) is 1.03. The topological polar surface area (TPSA) is 75.5 Å². The third-order valence-corrected chi connectivity index (χ3v) is 5.05. The molecule has 5 rings (SSSR count). The van der Waals surface area contributed by atoms with Gasteiger partial charge in [-0.1, -0.05) is 23.4 Å². The molecule has 0 amide bonds. The van der Waals surface area contributed by atoms with Crippen molar-refractivity contribution in [2.24, 2.45) is 0 Å². The Morgan fingerprint density at radius 2 is 1.96 bits per heavy atom. The molecule has 0 spiro atoms. The largest absolute Gasteiger partial charge is 0.460 e. The van der Waals surface area contributed by atoms with Gasteiger partial charge in [-0.3, -0.25) is 4.90 Å². The Labute approximate surface area is 160 Å². The number of furan rings is 1. The number of aliphatic hydroxyl groups excluding tert-OH is 1. The quantitative estimate of drug-likeness (QED) is 0.579. The first-order valence-corrected chi connectivity index (χ1v) is 9.15. The maximum atomic E-state index is 13.1. The first-order chi connectivity index (χ1) is 13.7. The van der Waals surface area contributed by atoms with Crippen LogP contribution in [0, 0.1) is 5.82 Å². The van der Waals surface area contributed by atoms with E-state index in [-0.39, 0.29) is 11.9 Å². The highest BCUT2D eigenvalue weighted by atomic mass is 19.1. The van der Waals surface area contributed by atoms with Crippen LogP contribution in [0.25, 0.3) is 22.4 Å². The van der Waals surface area contributed by atoms with Crippen molar-refractivity contribution < 1.29 is 18.4 Å². The average Bonchev–Trinajstić information content (AvgIpc) is 3.40. The number of β-amino-alcohol motifs (C(OH)–C–C–N with tert-alkyl or cyclic N) is 1. The minimum absolute atomic E-state index is 0.204. The molecule has 1 fully saturated rings. The molecule has 1 aliphatic rings. The van der Waals surface area contributed by atoms with Gasteiger partial charge in [0.2, 0.25) is 11.7 Å². The van der Waals surface area contributed by atoms with Crippen LogP contribution in [0.5, 0.6) is 0 Å². The second-order valence-electron chi connectivity index (χ2n) is 7.05. The summed E-state index contributed by atoms with van der Waals surface area (Å²) in [5.41, 5.74) is 1.52. The molecule has 2 aromatic heterocycles. The van der Waals surface area contributed by atoms with Crippen molar-refractivity contribution in [3.8, 4) is 11.4 Å². The van der Waals surface area contributed by atoms with Crippen molar-refractivity contribution in [1.29, 1.82) is 0 Å². The monoisotopic (exact) mass is 379 g/mol. The summed E-state index contributed by atoms with van der Waals surface area (Å²) in [5, 5.41) is 15.3. The molecule has 1 aliphatic heterocycles. The standard InChI is InChI=1S/C21H18FN3O3/c22-15-7-5-13(6-8-15)20-23-21(28-24-20)18-10-16(26)11-25(18)12-17-9-14-3-1-2-4-19(14)27-17/h1-9,16,18,26H,10-12H2/t16-,18+/m1/s1. The zero-order valence-corrected chi connectivity index (χ0v) is 15.0. The van der Waals surface area contributed by atoms with Crippen LogP contribution in [-0.2, 0) is 6.54 Å². The van der Waals surface area contributed by atoms with Gasteiger partial charge in [0.05, 0.1) is 18.7 Å². The van der Waals surface area contributed by atoms with Gasteiger partial charge in [0.25, 0.3) is 0 Å². The van der Waals surface area contributed by atoms with Crippen LogP contribution >= 0.6 is 0 Å². The number of halogens is 1. The molecular formula is C21H18FN3O3. The lowest BCUT2D eigenvalue weighted by molar-refractivity contribution is 0.164. The normalized spacial score (nSPS) is 20.2. The molecule has 0 unspecified atom stereocenters. The minimum atomic E-state index is -0.476. The van der Waals surface area contributed by atoms with E-state index in [0.717, 1.165) is 16.7 Å². The van der Waals surface area contributed by atoms with Crippen molar-refractivity contribution in [1.82, 2.24) is 15.0 Å². The fourth-order valence-corrected chi connectivity index (χ4v) is 3.71. The maximum absolute atomic E-state index is 13.1. The van der Waals surface area contributed by atoms with Crippen LogP contribution in [0.4, 0.5) is 4.39 Å². The molecule has 4 aromatic rings. The van der Waals surface area contributed by atoms with E-state index in [0.29, 0.717) is 36.8 Å². The molecule has 0 bridgehead atoms. The summed E-state index contributed by atoms with van der Waals surface area (Å²) in [6, 6.07) is 15.6. The molecule has 2 aromatic carbocycles. The number of para-hydroxylation sites is 1. The molecule has 3 heterocycles. The van der Waals surface area contributed by atoms with E-state index in [1.807, 2.05) is 30.3 Å². The van der Waals surface area contributed by atoms with Crippen LogP contribution in [0.1, 0.15) is 24.1 Å². The molecule has 1 saturated heterocycles. The highest BCUT2D eigenvalue weighted by Crippen LogP contribution is 2.34. The number of likely N-dealkylation sites (tertiary alicyclic amines) is 1. The van der Waals surface area contributed by atoms with Crippen LogP contribution in [0.3, 0.4) is 0 Å². The lowest BCUT2D eigenvalue weighted by atomic mass is 10.2. The average molecular weight is 379 g/mol. The highest BCUT2D eigenvalue weighted by Gasteiger charge is 2.36. The third kappa shape index (κ3) is 3.19. The number of hydrogen-bond donors (Lipinski definition) is 1. The van der Waals surface area contributed by atoms with Gasteiger partial charge < -0.3 is 14.0 Å². The Bertz CT molecular complexity index is 1070. The fraction of sp³-hybridized carbons (Fsp3) is 0.238. The molecule has 7 heteroatoms. The van der Waals surface area contributed by atoms with Gasteiger partial charge in [-0.15, -0.1) is 0 Å². The summed E-state index contributed by atoms with van der Waals surface area (Å²) in [6.07, 6.45) is 0.0289. The Morgan fingerprint density at radius 1 is 1.14 bits per heavy atom. The predicted molar refractivity (Wildman–Crippen MR) is 99.7 cm³/mol. The molecule has 0 saturated carbocycles. The molecule has 1 N–H and O–H groups in total. The van der Waals surface area contributed by atoms with E-state index in [2.05, 4.69) is 15.0 Å². The van der Waals surface area contributed by atoms with Crippen molar-refractivity contribution in [2.75, 3.05) is 6.54 Å². The number of aliphatic hydroxyl groups is 1. The maximum Gasteiger partial charge on any atom is 0.244 e. The number of rotatable bonds is 4. The van der Waals surface area contributed by atoms with Crippen molar-refractivity contribution in [2.45, 2.75) is 25.1 Å². The Hall–Kier alpha value is -3.03. The fourth-order valence-electron chi connectivity index (χ4n) is 3.71. The smallest absolute Gasteiger partial charge is 0.244 e. The van der Waals surface area contributed by atoms with Gasteiger partial charge in [-0.2, -0.15) is 4.98 Å². The second kappa shape index (κ2) is 6.85. The Morgan fingerprint density at radius 3 is 2.79 bits per heavy atom. The van der Waals surface area contributed by atoms with Gasteiger partial charge in [-0.25, -0.2) is 4.39 Å². The van der Waals surface area contributed by atoms with Gasteiger partial charge in [-0.05, 0) is 42.8 Å². The second-order valence-corrected chi connectivity index (χ2v) is 7.05. The molecule has 2 atom stereocenters. The van der Waals surface area contributed by atoms with Crippen molar-refractivity contribution in [3.05, 3.63) is 72.1 Å². The summed E-state index contributed by atoms with van der Waals surface area (Å²) in [7, 11) is 0. The van der Waals surface area contributed by atoms with Gasteiger partial charge in [0.15, 0.2) is 0 Å². The first-order valence-electron chi connectivity index (χ1n) is 9.15. The molecule has 6 nitrogen and oxygen atoms in total. The number of aromatic nitrogens is 2. The van der Waals surface area contributed by atoms with E-state index < -0.39 is 6.10 Å².